The molecule has 9 nitrogen and oxygen atoms in total. The van der Waals surface area contributed by atoms with E-state index in [4.69, 9.17) is 4.74 Å². The fourth-order valence-electron chi connectivity index (χ4n) is 3.71. The zero-order valence-corrected chi connectivity index (χ0v) is 23.7. The van der Waals surface area contributed by atoms with Crippen LogP contribution in [0, 0.1) is 6.92 Å². The minimum atomic E-state index is -0.409. The number of carbonyl (C=O) groups excluding carboxylic acids is 2. The Hall–Kier alpha value is -3.98. The smallest absolute Gasteiger partial charge is 0.411 e. The highest BCUT2D eigenvalue weighted by Crippen LogP contribution is 2.17. The molecule has 0 spiro atoms. The van der Waals surface area contributed by atoms with Crippen LogP contribution in [0.5, 0.6) is 0 Å². The average molecular weight is 536 g/mol. The summed E-state index contributed by atoms with van der Waals surface area (Å²) in [6.07, 6.45) is 1.98. The molecule has 0 aliphatic carbocycles. The Morgan fingerprint density at radius 2 is 1.77 bits per heavy atom. The third-order valence-electron chi connectivity index (χ3n) is 5.65. The van der Waals surface area contributed by atoms with Crippen molar-refractivity contribution in [3.63, 3.8) is 0 Å². The first-order chi connectivity index (χ1) is 18.7. The Morgan fingerprint density at radius 3 is 2.46 bits per heavy atom. The predicted octanol–water partition coefficient (Wildman–Crippen LogP) is 4.49. The van der Waals surface area contributed by atoms with Gasteiger partial charge in [0.2, 0.25) is 5.91 Å². The van der Waals surface area contributed by atoms with E-state index in [0.717, 1.165) is 47.5 Å². The number of unbranched alkanes of at least 4 members (excludes halogenated alkanes) is 1. The highest BCUT2D eigenvalue weighted by Gasteiger charge is 2.07. The van der Waals surface area contributed by atoms with Gasteiger partial charge in [0.1, 0.15) is 0 Å². The number of amides is 2. The molecule has 1 heterocycles. The van der Waals surface area contributed by atoms with Gasteiger partial charge in [0.05, 0.1) is 18.7 Å². The molecule has 0 radical (unpaired) electrons. The molecule has 0 unspecified atom stereocenters. The van der Waals surface area contributed by atoms with Crippen LogP contribution >= 0.6 is 0 Å². The fraction of sp³-hybridized carbons (Fsp3) is 0.400. The minimum Gasteiger partial charge on any atom is -0.450 e. The zero-order valence-electron chi connectivity index (χ0n) is 23.7. The summed E-state index contributed by atoms with van der Waals surface area (Å²) < 4.78 is 6.17. The molecule has 0 fully saturated rings. The van der Waals surface area contributed by atoms with Crippen molar-refractivity contribution >= 4 is 17.7 Å². The van der Waals surface area contributed by atoms with Gasteiger partial charge in [-0.2, -0.15) is 5.10 Å². The molecule has 39 heavy (non-hydrogen) atoms. The SMILES string of the molecule is CCOC(=O)Nc1cccc(C)c1.CCn1nc(-c2cccc(CC(=O)NCCCCN(C)C)c2)ccc1=O. The quantitative estimate of drug-likeness (QED) is 0.351. The van der Waals surface area contributed by atoms with E-state index in [1.165, 1.54) is 10.7 Å². The standard InChI is InChI=1S/C20H28N4O2.C10H13NO2/c1-4-24-20(26)11-10-18(22-24)17-9-7-8-16(14-17)15-19(25)21-12-5-6-13-23(2)3;1-3-13-10(12)11-9-6-4-5-8(2)7-9/h7-11,14H,4-6,12-13,15H2,1-3H3,(H,21,25);4-7H,3H2,1-2H3,(H,11,12). The van der Waals surface area contributed by atoms with Crippen molar-refractivity contribution in [3.05, 3.63) is 82.1 Å². The Morgan fingerprint density at radius 1 is 1.00 bits per heavy atom. The summed E-state index contributed by atoms with van der Waals surface area (Å²) in [5, 5.41) is 9.96. The van der Waals surface area contributed by atoms with Crippen molar-refractivity contribution < 1.29 is 14.3 Å². The van der Waals surface area contributed by atoms with Crippen LogP contribution in [0.2, 0.25) is 0 Å². The summed E-state index contributed by atoms with van der Waals surface area (Å²) in [4.78, 5) is 36.9. The topological polar surface area (TPSA) is 106 Å². The molecular formula is C30H41N5O4. The number of carbonyl (C=O) groups is 2. The molecule has 0 atom stereocenters. The summed E-state index contributed by atoms with van der Waals surface area (Å²) in [6, 6.07) is 18.6. The number of ether oxygens (including phenoxy) is 1. The van der Waals surface area contributed by atoms with Gasteiger partial charge in [0.25, 0.3) is 5.56 Å². The van der Waals surface area contributed by atoms with Gasteiger partial charge in [-0.15, -0.1) is 0 Å². The van der Waals surface area contributed by atoms with Gasteiger partial charge in [-0.25, -0.2) is 9.48 Å². The van der Waals surface area contributed by atoms with Crippen molar-refractivity contribution in [2.75, 3.05) is 39.1 Å². The molecule has 2 N–H and O–H groups in total. The molecule has 0 saturated carbocycles. The van der Waals surface area contributed by atoms with Crippen LogP contribution < -0.4 is 16.2 Å². The lowest BCUT2D eigenvalue weighted by molar-refractivity contribution is -0.120. The molecule has 3 aromatic rings. The molecule has 0 aliphatic heterocycles. The molecule has 2 amide bonds. The van der Waals surface area contributed by atoms with Crippen molar-refractivity contribution in [1.82, 2.24) is 20.0 Å². The molecule has 0 aliphatic rings. The van der Waals surface area contributed by atoms with Crippen LogP contribution in [0.3, 0.4) is 0 Å². The highest BCUT2D eigenvalue weighted by molar-refractivity contribution is 5.84. The van der Waals surface area contributed by atoms with Crippen LogP contribution in [-0.4, -0.2) is 60.5 Å². The zero-order chi connectivity index (χ0) is 28.6. The van der Waals surface area contributed by atoms with Crippen LogP contribution in [0.4, 0.5) is 10.5 Å². The summed E-state index contributed by atoms with van der Waals surface area (Å²) in [5.74, 6) is 0.0264. The number of hydrogen-bond donors (Lipinski definition) is 2. The highest BCUT2D eigenvalue weighted by atomic mass is 16.5. The molecule has 3 rings (SSSR count). The lowest BCUT2D eigenvalue weighted by Gasteiger charge is -2.10. The first-order valence-corrected chi connectivity index (χ1v) is 13.3. The third kappa shape index (κ3) is 12.0. The van der Waals surface area contributed by atoms with Gasteiger partial charge < -0.3 is 15.0 Å². The average Bonchev–Trinajstić information content (AvgIpc) is 2.89. The number of anilines is 1. The van der Waals surface area contributed by atoms with E-state index >= 15 is 0 Å². The van der Waals surface area contributed by atoms with Crippen LogP contribution in [0.1, 0.15) is 37.8 Å². The molecule has 2 aromatic carbocycles. The first-order valence-electron chi connectivity index (χ1n) is 13.3. The maximum absolute atomic E-state index is 12.1. The lowest BCUT2D eigenvalue weighted by atomic mass is 10.1. The molecule has 9 heteroatoms. The number of hydrogen-bond acceptors (Lipinski definition) is 6. The maximum Gasteiger partial charge on any atom is 0.411 e. The van der Waals surface area contributed by atoms with E-state index in [2.05, 4.69) is 20.6 Å². The number of aryl methyl sites for hydroxylation is 2. The number of rotatable bonds is 11. The second kappa shape index (κ2) is 16.8. The maximum atomic E-state index is 12.1. The van der Waals surface area contributed by atoms with Crippen molar-refractivity contribution in [1.29, 1.82) is 0 Å². The van der Waals surface area contributed by atoms with Crippen LogP contribution in [-0.2, 0) is 22.5 Å². The van der Waals surface area contributed by atoms with Crippen molar-refractivity contribution in [2.24, 2.45) is 0 Å². The monoisotopic (exact) mass is 535 g/mol. The molecule has 1 aromatic heterocycles. The predicted molar refractivity (Wildman–Crippen MR) is 156 cm³/mol. The van der Waals surface area contributed by atoms with E-state index in [9.17, 15) is 14.4 Å². The minimum absolute atomic E-state index is 0.0264. The lowest BCUT2D eigenvalue weighted by Crippen LogP contribution is -2.26. The van der Waals surface area contributed by atoms with Gasteiger partial charge in [0.15, 0.2) is 0 Å². The van der Waals surface area contributed by atoms with Gasteiger partial charge in [-0.05, 0) is 89.6 Å². The van der Waals surface area contributed by atoms with Crippen LogP contribution in [0.25, 0.3) is 11.3 Å². The Labute approximate surface area is 231 Å². The summed E-state index contributed by atoms with van der Waals surface area (Å²) in [6.45, 7) is 8.28. The number of nitrogens with one attached hydrogen (secondary N) is 2. The van der Waals surface area contributed by atoms with E-state index in [1.807, 2.05) is 76.5 Å². The third-order valence-corrected chi connectivity index (χ3v) is 5.65. The van der Waals surface area contributed by atoms with Crippen LogP contribution in [0.15, 0.2) is 65.5 Å². The van der Waals surface area contributed by atoms with Gasteiger partial charge >= 0.3 is 6.09 Å². The number of aromatic nitrogens is 2. The van der Waals surface area contributed by atoms with Crippen molar-refractivity contribution in [2.45, 2.75) is 46.6 Å². The molecule has 0 bridgehead atoms. The Bertz CT molecular complexity index is 1260. The summed E-state index contributed by atoms with van der Waals surface area (Å²) >= 11 is 0. The summed E-state index contributed by atoms with van der Waals surface area (Å²) in [7, 11) is 4.10. The van der Waals surface area contributed by atoms with E-state index in [0.29, 0.717) is 26.1 Å². The molecular weight excluding hydrogens is 494 g/mol. The Balaban J connectivity index is 0.000000344. The Kier molecular flexibility index (Phi) is 13.4. The van der Waals surface area contributed by atoms with Crippen molar-refractivity contribution in [3.8, 4) is 11.3 Å². The molecule has 0 saturated heterocycles. The molecule has 210 valence electrons. The normalized spacial score (nSPS) is 10.4. The summed E-state index contributed by atoms with van der Waals surface area (Å²) in [5.41, 5.74) is 4.33. The fourth-order valence-corrected chi connectivity index (χ4v) is 3.71. The largest absolute Gasteiger partial charge is 0.450 e. The van der Waals surface area contributed by atoms with Gasteiger partial charge in [-0.1, -0.05) is 30.3 Å². The van der Waals surface area contributed by atoms with E-state index in [-0.39, 0.29) is 11.5 Å². The second-order valence-corrected chi connectivity index (χ2v) is 9.33. The number of nitrogens with zero attached hydrogens (tertiary/aromatic N) is 3. The first kappa shape index (κ1) is 31.2. The second-order valence-electron chi connectivity index (χ2n) is 9.33. The van der Waals surface area contributed by atoms with E-state index < -0.39 is 6.09 Å². The van der Waals surface area contributed by atoms with E-state index in [1.54, 1.807) is 13.0 Å². The number of benzene rings is 2. The van der Waals surface area contributed by atoms with Gasteiger partial charge in [-0.3, -0.25) is 14.9 Å². The van der Waals surface area contributed by atoms with Gasteiger partial charge in [0, 0.05) is 30.4 Å².